The van der Waals surface area contributed by atoms with Gasteiger partial charge in [-0.15, -0.1) is 0 Å². The van der Waals surface area contributed by atoms with Crippen LogP contribution in [0.15, 0.2) is 18.2 Å². The maximum Gasteiger partial charge on any atom is 0.292 e. The molecule has 0 bridgehead atoms. The molecule has 0 fully saturated rings. The van der Waals surface area contributed by atoms with E-state index in [2.05, 4.69) is 5.32 Å². The maximum atomic E-state index is 11.0. The molecule has 0 radical (unpaired) electrons. The van der Waals surface area contributed by atoms with Gasteiger partial charge in [0.15, 0.2) is 0 Å². The van der Waals surface area contributed by atoms with E-state index in [0.29, 0.717) is 0 Å². The van der Waals surface area contributed by atoms with Crippen LogP contribution in [-0.4, -0.2) is 28.1 Å². The summed E-state index contributed by atoms with van der Waals surface area (Å²) in [5.74, 6) is -0.672. The standard InChI is InChI=1S/C11H15N3O4/c1-11(2,6-15)13-8-5-7(10(12)16)3-4-9(8)14(17)18/h3-5,13,15H,6H2,1-2H3,(H2,12,16). The summed E-state index contributed by atoms with van der Waals surface area (Å²) in [5, 5.41) is 22.8. The Morgan fingerprint density at radius 2 is 2.17 bits per heavy atom. The Balaban J connectivity index is 3.24. The largest absolute Gasteiger partial charge is 0.394 e. The van der Waals surface area contributed by atoms with E-state index in [1.807, 2.05) is 0 Å². The van der Waals surface area contributed by atoms with Crippen LogP contribution in [0, 0.1) is 10.1 Å². The molecule has 0 aliphatic heterocycles. The number of aliphatic hydroxyl groups is 1. The Bertz CT molecular complexity index is 485. The van der Waals surface area contributed by atoms with Gasteiger partial charge in [-0.25, -0.2) is 0 Å². The van der Waals surface area contributed by atoms with Crippen LogP contribution in [0.5, 0.6) is 0 Å². The van der Waals surface area contributed by atoms with Crippen molar-refractivity contribution in [2.45, 2.75) is 19.4 Å². The number of nitrogens with zero attached hydrogens (tertiary/aromatic N) is 1. The molecule has 0 aliphatic rings. The highest BCUT2D eigenvalue weighted by Gasteiger charge is 2.22. The Hall–Kier alpha value is -2.15. The molecule has 1 rings (SSSR count). The monoisotopic (exact) mass is 253 g/mol. The number of nitro groups is 1. The van der Waals surface area contributed by atoms with Gasteiger partial charge in [-0.2, -0.15) is 0 Å². The summed E-state index contributed by atoms with van der Waals surface area (Å²) < 4.78 is 0. The van der Waals surface area contributed by atoms with Gasteiger partial charge in [0.05, 0.1) is 17.1 Å². The second-order valence-electron chi connectivity index (χ2n) is 4.52. The van der Waals surface area contributed by atoms with E-state index >= 15 is 0 Å². The van der Waals surface area contributed by atoms with E-state index in [4.69, 9.17) is 10.8 Å². The van der Waals surface area contributed by atoms with Crippen molar-refractivity contribution < 1.29 is 14.8 Å². The number of hydrogen-bond donors (Lipinski definition) is 3. The molecule has 1 aromatic rings. The zero-order valence-corrected chi connectivity index (χ0v) is 10.1. The number of nitrogens with one attached hydrogen (secondary N) is 1. The van der Waals surface area contributed by atoms with Gasteiger partial charge in [-0.3, -0.25) is 14.9 Å². The van der Waals surface area contributed by atoms with Crippen LogP contribution in [0.25, 0.3) is 0 Å². The molecule has 98 valence electrons. The van der Waals surface area contributed by atoms with Crippen LogP contribution >= 0.6 is 0 Å². The van der Waals surface area contributed by atoms with Crippen molar-refractivity contribution in [1.82, 2.24) is 0 Å². The van der Waals surface area contributed by atoms with E-state index < -0.39 is 16.4 Å². The molecule has 0 heterocycles. The van der Waals surface area contributed by atoms with E-state index in [-0.39, 0.29) is 23.5 Å². The van der Waals surface area contributed by atoms with Gasteiger partial charge >= 0.3 is 0 Å². The average Bonchev–Trinajstić information content (AvgIpc) is 2.28. The minimum absolute atomic E-state index is 0.148. The fourth-order valence-electron chi connectivity index (χ4n) is 1.35. The van der Waals surface area contributed by atoms with Crippen molar-refractivity contribution in [3.63, 3.8) is 0 Å². The Morgan fingerprint density at radius 3 is 2.61 bits per heavy atom. The smallest absolute Gasteiger partial charge is 0.292 e. The summed E-state index contributed by atoms with van der Waals surface area (Å²) in [5.41, 5.74) is 4.50. The molecular weight excluding hydrogens is 238 g/mol. The summed E-state index contributed by atoms with van der Waals surface area (Å²) in [6.07, 6.45) is 0. The lowest BCUT2D eigenvalue weighted by Crippen LogP contribution is -2.35. The summed E-state index contributed by atoms with van der Waals surface area (Å²) in [7, 11) is 0. The van der Waals surface area contributed by atoms with Gasteiger partial charge in [-0.05, 0) is 26.0 Å². The molecule has 0 saturated heterocycles. The van der Waals surface area contributed by atoms with Crippen molar-refractivity contribution in [3.8, 4) is 0 Å². The first-order valence-electron chi connectivity index (χ1n) is 5.24. The average molecular weight is 253 g/mol. The van der Waals surface area contributed by atoms with Crippen molar-refractivity contribution >= 4 is 17.3 Å². The zero-order valence-electron chi connectivity index (χ0n) is 10.1. The van der Waals surface area contributed by atoms with Crippen LogP contribution in [0.1, 0.15) is 24.2 Å². The first-order valence-corrected chi connectivity index (χ1v) is 5.24. The van der Waals surface area contributed by atoms with E-state index in [1.165, 1.54) is 18.2 Å². The van der Waals surface area contributed by atoms with Crippen molar-refractivity contribution in [3.05, 3.63) is 33.9 Å². The Morgan fingerprint density at radius 1 is 1.56 bits per heavy atom. The summed E-state index contributed by atoms with van der Waals surface area (Å²) >= 11 is 0. The minimum atomic E-state index is -0.749. The van der Waals surface area contributed by atoms with Gasteiger partial charge in [0.25, 0.3) is 5.69 Å². The summed E-state index contributed by atoms with van der Waals surface area (Å²) in [6, 6.07) is 3.80. The molecule has 0 spiro atoms. The normalized spacial score (nSPS) is 11.1. The third kappa shape index (κ3) is 3.17. The number of carbonyl (C=O) groups excluding carboxylic acids is 1. The molecule has 4 N–H and O–H groups in total. The van der Waals surface area contributed by atoms with Crippen LogP contribution < -0.4 is 11.1 Å². The van der Waals surface area contributed by atoms with E-state index in [9.17, 15) is 14.9 Å². The van der Waals surface area contributed by atoms with Gasteiger partial charge in [0, 0.05) is 11.6 Å². The van der Waals surface area contributed by atoms with Crippen LogP contribution in [0.2, 0.25) is 0 Å². The van der Waals surface area contributed by atoms with Gasteiger partial charge in [-0.1, -0.05) is 0 Å². The second kappa shape index (κ2) is 5.01. The van der Waals surface area contributed by atoms with Gasteiger partial charge in [0.1, 0.15) is 5.69 Å². The molecule has 1 aromatic carbocycles. The molecule has 0 unspecified atom stereocenters. The minimum Gasteiger partial charge on any atom is -0.394 e. The summed E-state index contributed by atoms with van der Waals surface area (Å²) in [4.78, 5) is 21.3. The van der Waals surface area contributed by atoms with Crippen LogP contribution in [0.3, 0.4) is 0 Å². The number of primary amides is 1. The van der Waals surface area contributed by atoms with Crippen molar-refractivity contribution in [1.29, 1.82) is 0 Å². The lowest BCUT2D eigenvalue weighted by molar-refractivity contribution is -0.384. The van der Waals surface area contributed by atoms with Gasteiger partial charge < -0.3 is 16.2 Å². The fraction of sp³-hybridized carbons (Fsp3) is 0.364. The lowest BCUT2D eigenvalue weighted by Gasteiger charge is -2.24. The van der Waals surface area contributed by atoms with Crippen LogP contribution in [0.4, 0.5) is 11.4 Å². The Kier molecular flexibility index (Phi) is 3.87. The Labute approximate surface area is 104 Å². The molecular formula is C11H15N3O4. The fourth-order valence-corrected chi connectivity index (χ4v) is 1.35. The highest BCUT2D eigenvalue weighted by atomic mass is 16.6. The van der Waals surface area contributed by atoms with E-state index in [0.717, 1.165) is 0 Å². The number of rotatable bonds is 5. The van der Waals surface area contributed by atoms with Crippen LogP contribution in [-0.2, 0) is 0 Å². The number of amides is 1. The topological polar surface area (TPSA) is 118 Å². The predicted molar refractivity (Wildman–Crippen MR) is 66.4 cm³/mol. The number of carbonyl (C=O) groups is 1. The van der Waals surface area contributed by atoms with E-state index in [1.54, 1.807) is 13.8 Å². The number of benzene rings is 1. The molecule has 7 heteroatoms. The number of nitro benzene ring substituents is 1. The molecule has 0 saturated carbocycles. The molecule has 0 aromatic heterocycles. The van der Waals surface area contributed by atoms with Crippen molar-refractivity contribution in [2.24, 2.45) is 5.73 Å². The quantitative estimate of drug-likeness (QED) is 0.531. The lowest BCUT2D eigenvalue weighted by atomic mass is 10.1. The molecule has 0 aliphatic carbocycles. The number of anilines is 1. The molecule has 18 heavy (non-hydrogen) atoms. The zero-order chi connectivity index (χ0) is 13.9. The molecule has 0 atom stereocenters. The third-order valence-corrected chi connectivity index (χ3v) is 2.35. The highest BCUT2D eigenvalue weighted by Crippen LogP contribution is 2.28. The first-order chi connectivity index (χ1) is 8.26. The second-order valence-corrected chi connectivity index (χ2v) is 4.52. The number of aliphatic hydroxyl groups excluding tert-OH is 1. The predicted octanol–water partition coefficient (Wildman–Crippen LogP) is 0.876. The first kappa shape index (κ1) is 13.9. The SMILES string of the molecule is CC(C)(CO)Nc1cc(C(N)=O)ccc1[N+](=O)[O-]. The number of nitrogens with two attached hydrogens (primary N) is 1. The third-order valence-electron chi connectivity index (χ3n) is 2.35. The van der Waals surface area contributed by atoms with Gasteiger partial charge in [0.2, 0.25) is 5.91 Å². The summed E-state index contributed by atoms with van der Waals surface area (Å²) in [6.45, 7) is 3.13. The molecule has 7 nitrogen and oxygen atoms in total. The highest BCUT2D eigenvalue weighted by molar-refractivity contribution is 5.94. The maximum absolute atomic E-state index is 11.0. The van der Waals surface area contributed by atoms with Crippen molar-refractivity contribution in [2.75, 3.05) is 11.9 Å². The molecule has 1 amide bonds. The number of hydrogen-bond acceptors (Lipinski definition) is 5.